The number of para-hydroxylation sites is 1. The third kappa shape index (κ3) is 3.32. The lowest BCUT2D eigenvalue weighted by Crippen LogP contribution is -2.44. The summed E-state index contributed by atoms with van der Waals surface area (Å²) in [6, 6.07) is 16.7. The standard InChI is InChI=1S/C21H23ClN2S/c1-15(17-7-3-4-8-18(17)22)23-20-21(10-12-25-13-11-21)14-16-6-2-5-9-19(16)24-20/h2-9,15H,10-14H2,1H3,(H,23,24). The van der Waals surface area contributed by atoms with Crippen molar-refractivity contribution in [2.45, 2.75) is 32.2 Å². The fraction of sp³-hybridized carbons (Fsp3) is 0.381. The number of halogens is 1. The summed E-state index contributed by atoms with van der Waals surface area (Å²) in [5.41, 5.74) is 3.86. The molecule has 1 fully saturated rings. The first kappa shape index (κ1) is 17.0. The van der Waals surface area contributed by atoms with Gasteiger partial charge in [0.05, 0.1) is 6.04 Å². The molecule has 2 heterocycles. The number of thioether (sulfide) groups is 1. The van der Waals surface area contributed by atoms with Crippen molar-refractivity contribution in [3.63, 3.8) is 0 Å². The number of anilines is 1. The Labute approximate surface area is 159 Å². The van der Waals surface area contributed by atoms with E-state index in [2.05, 4.69) is 54.3 Å². The summed E-state index contributed by atoms with van der Waals surface area (Å²) in [7, 11) is 0. The zero-order chi connectivity index (χ0) is 17.3. The summed E-state index contributed by atoms with van der Waals surface area (Å²) in [5.74, 6) is 3.58. The molecule has 0 aromatic heterocycles. The van der Waals surface area contributed by atoms with Gasteiger partial charge in [-0.05, 0) is 61.0 Å². The molecule has 1 N–H and O–H groups in total. The molecule has 130 valence electrons. The molecule has 0 amide bonds. The molecule has 1 unspecified atom stereocenters. The summed E-state index contributed by atoms with van der Waals surface area (Å²) >= 11 is 8.46. The molecule has 0 bridgehead atoms. The Morgan fingerprint density at radius 2 is 1.80 bits per heavy atom. The molecule has 2 aromatic rings. The number of hydrogen-bond acceptors (Lipinski definition) is 2. The molecule has 0 radical (unpaired) electrons. The Kier molecular flexibility index (Phi) is 4.79. The average molecular weight is 371 g/mol. The van der Waals surface area contributed by atoms with Crippen molar-refractivity contribution >= 4 is 34.9 Å². The van der Waals surface area contributed by atoms with Gasteiger partial charge in [0.25, 0.3) is 0 Å². The fourth-order valence-electron chi connectivity index (χ4n) is 3.93. The molecular weight excluding hydrogens is 348 g/mol. The van der Waals surface area contributed by atoms with Crippen LogP contribution in [0.5, 0.6) is 0 Å². The van der Waals surface area contributed by atoms with Crippen LogP contribution in [0, 0.1) is 5.41 Å². The Hall–Kier alpha value is -1.45. The molecule has 2 aliphatic heterocycles. The van der Waals surface area contributed by atoms with E-state index in [4.69, 9.17) is 16.6 Å². The normalized spacial score (nSPS) is 21.6. The highest BCUT2D eigenvalue weighted by Gasteiger charge is 2.41. The van der Waals surface area contributed by atoms with Gasteiger partial charge in [0.1, 0.15) is 5.84 Å². The van der Waals surface area contributed by atoms with Gasteiger partial charge < -0.3 is 5.32 Å². The molecular formula is C21H23ClN2S. The maximum atomic E-state index is 6.40. The SMILES string of the molecule is CC(N=C1Nc2ccccc2CC12CCSCC2)c1ccccc1Cl. The van der Waals surface area contributed by atoms with Crippen LogP contribution in [-0.2, 0) is 6.42 Å². The smallest absolute Gasteiger partial charge is 0.108 e. The molecule has 1 atom stereocenters. The molecule has 25 heavy (non-hydrogen) atoms. The van der Waals surface area contributed by atoms with Crippen molar-refractivity contribution in [2.75, 3.05) is 16.8 Å². The van der Waals surface area contributed by atoms with Crippen LogP contribution in [0.15, 0.2) is 53.5 Å². The van der Waals surface area contributed by atoms with Gasteiger partial charge in [0.15, 0.2) is 0 Å². The van der Waals surface area contributed by atoms with Gasteiger partial charge in [0, 0.05) is 16.1 Å². The Balaban J connectivity index is 1.73. The zero-order valence-electron chi connectivity index (χ0n) is 14.5. The van der Waals surface area contributed by atoms with E-state index in [-0.39, 0.29) is 11.5 Å². The maximum Gasteiger partial charge on any atom is 0.108 e. The molecule has 2 aromatic carbocycles. The van der Waals surface area contributed by atoms with E-state index in [1.165, 1.54) is 35.6 Å². The quantitative estimate of drug-likeness (QED) is 0.703. The molecule has 0 saturated carbocycles. The van der Waals surface area contributed by atoms with Gasteiger partial charge in [-0.3, -0.25) is 4.99 Å². The lowest BCUT2D eigenvalue weighted by molar-refractivity contribution is 0.376. The monoisotopic (exact) mass is 370 g/mol. The van der Waals surface area contributed by atoms with Crippen molar-refractivity contribution in [1.29, 1.82) is 0 Å². The molecule has 1 saturated heterocycles. The van der Waals surface area contributed by atoms with Gasteiger partial charge in [-0.2, -0.15) is 11.8 Å². The second-order valence-corrected chi connectivity index (χ2v) is 8.66. The number of benzene rings is 2. The van der Waals surface area contributed by atoms with Gasteiger partial charge in [-0.1, -0.05) is 48.0 Å². The number of rotatable bonds is 2. The zero-order valence-corrected chi connectivity index (χ0v) is 16.0. The lowest BCUT2D eigenvalue weighted by atomic mass is 9.72. The van der Waals surface area contributed by atoms with E-state index in [0.717, 1.165) is 22.8 Å². The summed E-state index contributed by atoms with van der Waals surface area (Å²) in [6.45, 7) is 2.14. The Morgan fingerprint density at radius 1 is 1.08 bits per heavy atom. The Bertz CT molecular complexity index is 796. The third-order valence-electron chi connectivity index (χ3n) is 5.43. The van der Waals surface area contributed by atoms with E-state index in [1.807, 2.05) is 18.2 Å². The van der Waals surface area contributed by atoms with E-state index in [9.17, 15) is 0 Å². The van der Waals surface area contributed by atoms with Crippen LogP contribution >= 0.6 is 23.4 Å². The first-order valence-electron chi connectivity index (χ1n) is 8.93. The van der Waals surface area contributed by atoms with E-state index >= 15 is 0 Å². The average Bonchev–Trinajstić information content (AvgIpc) is 2.63. The van der Waals surface area contributed by atoms with Crippen molar-refractivity contribution in [3.05, 3.63) is 64.7 Å². The minimum atomic E-state index is 0.0490. The van der Waals surface area contributed by atoms with E-state index < -0.39 is 0 Å². The summed E-state index contributed by atoms with van der Waals surface area (Å²) < 4.78 is 0. The predicted molar refractivity (Wildman–Crippen MR) is 110 cm³/mol. The predicted octanol–water partition coefficient (Wildman–Crippen LogP) is 5.98. The molecule has 2 nitrogen and oxygen atoms in total. The van der Waals surface area contributed by atoms with E-state index in [0.29, 0.717) is 0 Å². The third-order valence-corrected chi connectivity index (χ3v) is 6.76. The molecule has 1 spiro atoms. The topological polar surface area (TPSA) is 24.4 Å². The van der Waals surface area contributed by atoms with Crippen LogP contribution in [0.25, 0.3) is 0 Å². The second-order valence-electron chi connectivity index (χ2n) is 7.03. The van der Waals surface area contributed by atoms with Gasteiger partial charge in [-0.25, -0.2) is 0 Å². The van der Waals surface area contributed by atoms with Crippen molar-refractivity contribution in [3.8, 4) is 0 Å². The highest BCUT2D eigenvalue weighted by Crippen LogP contribution is 2.44. The summed E-state index contributed by atoms with van der Waals surface area (Å²) in [6.07, 6.45) is 3.46. The minimum absolute atomic E-state index is 0.0490. The van der Waals surface area contributed by atoms with Crippen LogP contribution in [0.2, 0.25) is 5.02 Å². The fourth-order valence-corrected chi connectivity index (χ4v) is 5.49. The summed E-state index contributed by atoms with van der Waals surface area (Å²) in [5, 5.41) is 4.47. The lowest BCUT2D eigenvalue weighted by Gasteiger charge is -2.42. The van der Waals surface area contributed by atoms with Crippen molar-refractivity contribution in [2.24, 2.45) is 10.4 Å². The molecule has 0 aliphatic carbocycles. The highest BCUT2D eigenvalue weighted by molar-refractivity contribution is 7.99. The Morgan fingerprint density at radius 3 is 2.60 bits per heavy atom. The van der Waals surface area contributed by atoms with Crippen LogP contribution in [0.1, 0.15) is 36.9 Å². The highest BCUT2D eigenvalue weighted by atomic mass is 35.5. The minimum Gasteiger partial charge on any atom is -0.343 e. The summed E-state index contributed by atoms with van der Waals surface area (Å²) in [4.78, 5) is 5.15. The largest absolute Gasteiger partial charge is 0.343 e. The number of fused-ring (bicyclic) bond motifs is 1. The van der Waals surface area contributed by atoms with Crippen LogP contribution in [0.3, 0.4) is 0 Å². The van der Waals surface area contributed by atoms with Crippen molar-refractivity contribution in [1.82, 2.24) is 0 Å². The van der Waals surface area contributed by atoms with Crippen LogP contribution in [-0.4, -0.2) is 17.3 Å². The number of nitrogens with one attached hydrogen (secondary N) is 1. The van der Waals surface area contributed by atoms with Crippen LogP contribution < -0.4 is 5.32 Å². The number of hydrogen-bond donors (Lipinski definition) is 1. The van der Waals surface area contributed by atoms with Crippen LogP contribution in [0.4, 0.5) is 5.69 Å². The first-order valence-corrected chi connectivity index (χ1v) is 10.5. The second kappa shape index (κ2) is 7.05. The number of aliphatic imine (C=N–C) groups is 1. The van der Waals surface area contributed by atoms with Gasteiger partial charge in [0.2, 0.25) is 0 Å². The molecule has 4 rings (SSSR count). The number of nitrogens with zero attached hydrogens (tertiary/aromatic N) is 1. The number of amidine groups is 1. The molecule has 4 heteroatoms. The molecule has 2 aliphatic rings. The van der Waals surface area contributed by atoms with Crippen molar-refractivity contribution < 1.29 is 0 Å². The maximum absolute atomic E-state index is 6.40. The van der Waals surface area contributed by atoms with Gasteiger partial charge in [-0.15, -0.1) is 0 Å². The first-order chi connectivity index (χ1) is 12.2. The van der Waals surface area contributed by atoms with E-state index in [1.54, 1.807) is 0 Å². The van der Waals surface area contributed by atoms with Gasteiger partial charge >= 0.3 is 0 Å².